The summed E-state index contributed by atoms with van der Waals surface area (Å²) < 4.78 is 25.5. The van der Waals surface area contributed by atoms with E-state index in [9.17, 15) is 8.42 Å². The summed E-state index contributed by atoms with van der Waals surface area (Å²) in [5.74, 6) is 0. The van der Waals surface area contributed by atoms with E-state index in [1.54, 1.807) is 25.3 Å². The van der Waals surface area contributed by atoms with E-state index >= 15 is 0 Å². The van der Waals surface area contributed by atoms with Gasteiger partial charge in [0.25, 0.3) is 0 Å². The summed E-state index contributed by atoms with van der Waals surface area (Å²) >= 11 is 0. The molecule has 0 heterocycles. The van der Waals surface area contributed by atoms with E-state index in [0.717, 1.165) is 12.8 Å². The Balaban J connectivity index is 2.80. The van der Waals surface area contributed by atoms with Gasteiger partial charge in [-0.2, -0.15) is 0 Å². The lowest BCUT2D eigenvalue weighted by Crippen LogP contribution is -2.27. The van der Waals surface area contributed by atoms with Gasteiger partial charge in [0.05, 0.1) is 4.90 Å². The highest BCUT2D eigenvalue weighted by atomic mass is 32.2. The molecular formula is C12H18N2O2S. The lowest BCUT2D eigenvalue weighted by molar-refractivity contribution is 0.463. The van der Waals surface area contributed by atoms with Crippen LogP contribution in [0.3, 0.4) is 0 Å². The van der Waals surface area contributed by atoms with Crippen LogP contribution in [0.1, 0.15) is 12.8 Å². The molecular weight excluding hydrogens is 236 g/mol. The van der Waals surface area contributed by atoms with Gasteiger partial charge in [-0.05, 0) is 37.1 Å². The van der Waals surface area contributed by atoms with Gasteiger partial charge < -0.3 is 5.73 Å². The number of anilines is 1. The lowest BCUT2D eigenvalue weighted by atomic mass is 10.3. The van der Waals surface area contributed by atoms with Crippen LogP contribution in [0.4, 0.5) is 5.69 Å². The molecule has 0 radical (unpaired) electrons. The SMILES string of the molecule is C=CCCCN(C)S(=O)(=O)c1ccc(N)cc1. The van der Waals surface area contributed by atoms with Crippen molar-refractivity contribution in [3.05, 3.63) is 36.9 Å². The van der Waals surface area contributed by atoms with E-state index in [1.807, 2.05) is 0 Å². The van der Waals surface area contributed by atoms with Crippen molar-refractivity contribution in [3.8, 4) is 0 Å². The summed E-state index contributed by atoms with van der Waals surface area (Å²) in [7, 11) is -1.81. The second-order valence-electron chi connectivity index (χ2n) is 3.83. The molecule has 1 aromatic rings. The zero-order valence-corrected chi connectivity index (χ0v) is 10.8. The van der Waals surface area contributed by atoms with Crippen LogP contribution >= 0.6 is 0 Å². The summed E-state index contributed by atoms with van der Waals surface area (Å²) in [4.78, 5) is 0.271. The number of allylic oxidation sites excluding steroid dienone is 1. The fourth-order valence-electron chi connectivity index (χ4n) is 1.40. The van der Waals surface area contributed by atoms with Gasteiger partial charge in [-0.25, -0.2) is 12.7 Å². The first kappa shape index (κ1) is 13.7. The fraction of sp³-hybridized carbons (Fsp3) is 0.333. The number of hydrogen-bond donors (Lipinski definition) is 1. The Kier molecular flexibility index (Phi) is 4.72. The smallest absolute Gasteiger partial charge is 0.242 e. The molecule has 0 saturated carbocycles. The van der Waals surface area contributed by atoms with Crippen molar-refractivity contribution in [2.45, 2.75) is 17.7 Å². The second-order valence-corrected chi connectivity index (χ2v) is 5.87. The van der Waals surface area contributed by atoms with Crippen molar-refractivity contribution >= 4 is 15.7 Å². The maximum absolute atomic E-state index is 12.1. The van der Waals surface area contributed by atoms with Crippen LogP contribution in [0.5, 0.6) is 0 Å². The molecule has 17 heavy (non-hydrogen) atoms. The second kappa shape index (κ2) is 5.84. The molecule has 94 valence electrons. The van der Waals surface area contributed by atoms with Gasteiger partial charge in [0.15, 0.2) is 0 Å². The molecule has 5 heteroatoms. The van der Waals surface area contributed by atoms with Crippen molar-refractivity contribution < 1.29 is 8.42 Å². The first-order valence-electron chi connectivity index (χ1n) is 5.41. The van der Waals surface area contributed by atoms with Crippen molar-refractivity contribution in [3.63, 3.8) is 0 Å². The highest BCUT2D eigenvalue weighted by Crippen LogP contribution is 2.16. The summed E-state index contributed by atoms with van der Waals surface area (Å²) in [5, 5.41) is 0. The Hall–Kier alpha value is -1.33. The van der Waals surface area contributed by atoms with Gasteiger partial charge >= 0.3 is 0 Å². The van der Waals surface area contributed by atoms with E-state index in [2.05, 4.69) is 6.58 Å². The molecule has 0 aromatic heterocycles. The topological polar surface area (TPSA) is 63.4 Å². The molecule has 0 amide bonds. The summed E-state index contributed by atoms with van der Waals surface area (Å²) in [5.41, 5.74) is 6.08. The van der Waals surface area contributed by atoms with Gasteiger partial charge in [-0.3, -0.25) is 0 Å². The van der Waals surface area contributed by atoms with Gasteiger partial charge in [-0.15, -0.1) is 6.58 Å². The quantitative estimate of drug-likeness (QED) is 0.479. The summed E-state index contributed by atoms with van der Waals surface area (Å²) in [6, 6.07) is 6.22. The maximum Gasteiger partial charge on any atom is 0.242 e. The first-order chi connectivity index (χ1) is 7.98. The number of nitrogens with two attached hydrogens (primary N) is 1. The Labute approximate surface area is 103 Å². The molecule has 1 aromatic carbocycles. The summed E-state index contributed by atoms with van der Waals surface area (Å²) in [6.45, 7) is 4.09. The molecule has 4 nitrogen and oxygen atoms in total. The third-order valence-electron chi connectivity index (χ3n) is 2.47. The van der Waals surface area contributed by atoms with E-state index in [1.165, 1.54) is 16.4 Å². The number of benzene rings is 1. The van der Waals surface area contributed by atoms with Crippen molar-refractivity contribution in [2.75, 3.05) is 19.3 Å². The Morgan fingerprint density at radius 3 is 2.47 bits per heavy atom. The molecule has 0 aliphatic carbocycles. The average Bonchev–Trinajstić information content (AvgIpc) is 2.29. The highest BCUT2D eigenvalue weighted by Gasteiger charge is 2.19. The molecule has 0 fully saturated rings. The minimum Gasteiger partial charge on any atom is -0.399 e. The Bertz CT molecular complexity index is 466. The monoisotopic (exact) mass is 254 g/mol. The number of unbranched alkanes of at least 4 members (excludes halogenated alkanes) is 1. The van der Waals surface area contributed by atoms with Crippen molar-refractivity contribution in [1.82, 2.24) is 4.31 Å². The molecule has 1 rings (SSSR count). The van der Waals surface area contributed by atoms with E-state index in [-0.39, 0.29) is 4.90 Å². The van der Waals surface area contributed by atoms with E-state index in [4.69, 9.17) is 5.73 Å². The maximum atomic E-state index is 12.1. The van der Waals surface area contributed by atoms with E-state index < -0.39 is 10.0 Å². The molecule has 0 bridgehead atoms. The summed E-state index contributed by atoms with van der Waals surface area (Å²) in [6.07, 6.45) is 3.36. The Morgan fingerprint density at radius 2 is 1.94 bits per heavy atom. The van der Waals surface area contributed by atoms with Gasteiger partial charge in [0, 0.05) is 19.3 Å². The van der Waals surface area contributed by atoms with Crippen LogP contribution < -0.4 is 5.73 Å². The average molecular weight is 254 g/mol. The first-order valence-corrected chi connectivity index (χ1v) is 6.85. The predicted molar refractivity (Wildman–Crippen MR) is 70.1 cm³/mol. The molecule has 0 aliphatic rings. The Morgan fingerprint density at radius 1 is 1.35 bits per heavy atom. The number of nitrogens with zero attached hydrogens (tertiary/aromatic N) is 1. The third kappa shape index (κ3) is 3.57. The minimum absolute atomic E-state index is 0.271. The highest BCUT2D eigenvalue weighted by molar-refractivity contribution is 7.89. The molecule has 0 spiro atoms. The standard InChI is InChI=1S/C12H18N2O2S/c1-3-4-5-10-14(2)17(15,16)12-8-6-11(13)7-9-12/h3,6-9H,1,4-5,10,13H2,2H3. The molecule has 0 saturated heterocycles. The number of hydrogen-bond acceptors (Lipinski definition) is 3. The van der Waals surface area contributed by atoms with Crippen LogP contribution in [0.25, 0.3) is 0 Å². The lowest BCUT2D eigenvalue weighted by Gasteiger charge is -2.16. The van der Waals surface area contributed by atoms with Gasteiger partial charge in [0.2, 0.25) is 10.0 Å². The van der Waals surface area contributed by atoms with Gasteiger partial charge in [-0.1, -0.05) is 6.08 Å². The van der Waals surface area contributed by atoms with E-state index in [0.29, 0.717) is 12.2 Å². The molecule has 0 atom stereocenters. The van der Waals surface area contributed by atoms with Crippen molar-refractivity contribution in [1.29, 1.82) is 0 Å². The van der Waals surface area contributed by atoms with Gasteiger partial charge in [0.1, 0.15) is 0 Å². The normalized spacial score (nSPS) is 11.6. The van der Waals surface area contributed by atoms with Crippen LogP contribution in [0.15, 0.2) is 41.8 Å². The minimum atomic E-state index is -3.39. The number of rotatable bonds is 6. The number of sulfonamides is 1. The zero-order chi connectivity index (χ0) is 12.9. The van der Waals surface area contributed by atoms with Crippen LogP contribution in [0.2, 0.25) is 0 Å². The number of nitrogen functional groups attached to an aromatic ring is 1. The fourth-order valence-corrected chi connectivity index (χ4v) is 2.61. The zero-order valence-electron chi connectivity index (χ0n) is 9.96. The predicted octanol–water partition coefficient (Wildman–Crippen LogP) is 1.86. The van der Waals surface area contributed by atoms with Crippen LogP contribution in [-0.4, -0.2) is 26.3 Å². The molecule has 0 aliphatic heterocycles. The van der Waals surface area contributed by atoms with Crippen molar-refractivity contribution in [2.24, 2.45) is 0 Å². The third-order valence-corrected chi connectivity index (χ3v) is 4.34. The molecule has 2 N–H and O–H groups in total. The van der Waals surface area contributed by atoms with Crippen LogP contribution in [0, 0.1) is 0 Å². The van der Waals surface area contributed by atoms with Crippen LogP contribution in [-0.2, 0) is 10.0 Å². The largest absolute Gasteiger partial charge is 0.399 e. The molecule has 0 unspecified atom stereocenters.